The number of hydrogen-bond acceptors (Lipinski definition) is 2. The Balaban J connectivity index is 2.92. The number of amides is 1. The molecule has 0 fully saturated rings. The third kappa shape index (κ3) is 4.78. The highest BCUT2D eigenvalue weighted by Gasteiger charge is 2.16. The summed E-state index contributed by atoms with van der Waals surface area (Å²) in [4.78, 5) is 14.6. The van der Waals surface area contributed by atoms with Crippen molar-refractivity contribution in [3.8, 4) is 0 Å². The molecule has 0 unspecified atom stereocenters. The Morgan fingerprint density at radius 2 is 1.95 bits per heavy atom. The minimum absolute atomic E-state index is 0.00892. The van der Waals surface area contributed by atoms with Gasteiger partial charge in [-0.25, -0.2) is 0 Å². The summed E-state index contributed by atoms with van der Waals surface area (Å²) < 4.78 is 0. The highest BCUT2D eigenvalue weighted by atomic mass is 32.1. The number of carbonyl (C=O) groups is 1. The molecule has 0 spiro atoms. The van der Waals surface area contributed by atoms with Crippen molar-refractivity contribution < 1.29 is 4.79 Å². The van der Waals surface area contributed by atoms with E-state index in [9.17, 15) is 4.79 Å². The predicted molar refractivity (Wildman–Crippen MR) is 88.3 cm³/mol. The second kappa shape index (κ2) is 7.80. The van der Waals surface area contributed by atoms with Crippen LogP contribution in [0.3, 0.4) is 0 Å². The second-order valence-corrected chi connectivity index (χ2v) is 5.42. The summed E-state index contributed by atoms with van der Waals surface area (Å²) in [6, 6.07) is 10.1. The molecule has 1 amide bonds. The number of nitrogens with one attached hydrogen (secondary N) is 1. The Morgan fingerprint density at radius 1 is 1.35 bits per heavy atom. The van der Waals surface area contributed by atoms with Crippen LogP contribution in [-0.4, -0.2) is 28.9 Å². The molecule has 4 heteroatoms. The molecular weight excluding hydrogens is 268 g/mol. The first-order valence-corrected chi connectivity index (χ1v) is 7.12. The van der Waals surface area contributed by atoms with Crippen LogP contribution in [-0.2, 0) is 4.79 Å². The molecule has 0 aliphatic rings. The van der Waals surface area contributed by atoms with E-state index in [1.807, 2.05) is 57.3 Å². The zero-order valence-electron chi connectivity index (χ0n) is 12.5. The molecule has 1 N–H and O–H groups in total. The maximum Gasteiger partial charge on any atom is 0.233 e. The summed E-state index contributed by atoms with van der Waals surface area (Å²) in [7, 11) is 1.74. The van der Waals surface area contributed by atoms with Crippen LogP contribution in [0.5, 0.6) is 0 Å². The van der Waals surface area contributed by atoms with Crippen LogP contribution in [0, 0.1) is 0 Å². The normalized spacial score (nSPS) is 11.3. The Bertz CT molecular complexity index is 494. The quantitative estimate of drug-likeness (QED) is 0.845. The summed E-state index contributed by atoms with van der Waals surface area (Å²) in [5.74, 6) is 0.00892. The Morgan fingerprint density at radius 3 is 2.45 bits per heavy atom. The highest BCUT2D eigenvalue weighted by Crippen LogP contribution is 2.16. The predicted octanol–water partition coefficient (Wildman–Crippen LogP) is 3.22. The van der Waals surface area contributed by atoms with Crippen molar-refractivity contribution in [2.45, 2.75) is 33.2 Å². The van der Waals surface area contributed by atoms with Gasteiger partial charge in [-0.15, -0.1) is 0 Å². The van der Waals surface area contributed by atoms with Gasteiger partial charge in [0.05, 0.1) is 11.4 Å². The largest absolute Gasteiger partial charge is 0.382 e. The van der Waals surface area contributed by atoms with Crippen LogP contribution in [0.1, 0.15) is 32.8 Å². The average Bonchev–Trinajstić information content (AvgIpc) is 2.44. The van der Waals surface area contributed by atoms with Crippen molar-refractivity contribution in [1.29, 1.82) is 0 Å². The van der Waals surface area contributed by atoms with Crippen molar-refractivity contribution in [1.82, 2.24) is 10.2 Å². The zero-order chi connectivity index (χ0) is 15.1. The number of hydrogen-bond donors (Lipinski definition) is 1. The molecule has 1 aromatic carbocycles. The van der Waals surface area contributed by atoms with Gasteiger partial charge in [0.15, 0.2) is 0 Å². The van der Waals surface area contributed by atoms with Gasteiger partial charge in [-0.05, 0) is 31.9 Å². The lowest BCUT2D eigenvalue weighted by atomic mass is 10.1. The number of benzene rings is 1. The van der Waals surface area contributed by atoms with E-state index in [4.69, 9.17) is 12.2 Å². The molecule has 20 heavy (non-hydrogen) atoms. The Labute approximate surface area is 126 Å². The SMILES string of the molecule is CNC(=S)CC(=O)N(/C=C(/C)c1ccccc1)C(C)C. The van der Waals surface area contributed by atoms with Gasteiger partial charge in [-0.1, -0.05) is 42.5 Å². The van der Waals surface area contributed by atoms with Crippen LogP contribution in [0.25, 0.3) is 5.57 Å². The topological polar surface area (TPSA) is 32.3 Å². The van der Waals surface area contributed by atoms with Crippen LogP contribution in [0.15, 0.2) is 36.5 Å². The molecule has 108 valence electrons. The van der Waals surface area contributed by atoms with Crippen LogP contribution in [0.4, 0.5) is 0 Å². The van der Waals surface area contributed by atoms with E-state index < -0.39 is 0 Å². The summed E-state index contributed by atoms with van der Waals surface area (Å²) >= 11 is 5.07. The smallest absolute Gasteiger partial charge is 0.233 e. The van der Waals surface area contributed by atoms with Crippen molar-refractivity contribution in [3.63, 3.8) is 0 Å². The number of carbonyl (C=O) groups excluding carboxylic acids is 1. The Kier molecular flexibility index (Phi) is 6.39. The summed E-state index contributed by atoms with van der Waals surface area (Å²) in [6.07, 6.45) is 2.14. The van der Waals surface area contributed by atoms with Gasteiger partial charge in [0, 0.05) is 19.3 Å². The van der Waals surface area contributed by atoms with Crippen molar-refractivity contribution >= 4 is 28.7 Å². The van der Waals surface area contributed by atoms with E-state index in [0.29, 0.717) is 4.99 Å². The molecule has 1 aromatic rings. The number of allylic oxidation sites excluding steroid dienone is 1. The fourth-order valence-corrected chi connectivity index (χ4v) is 1.93. The first-order valence-electron chi connectivity index (χ1n) is 6.71. The third-order valence-corrected chi connectivity index (χ3v) is 3.35. The fourth-order valence-electron chi connectivity index (χ4n) is 1.81. The molecule has 0 atom stereocenters. The molecule has 0 aromatic heterocycles. The van der Waals surface area contributed by atoms with E-state index in [2.05, 4.69) is 5.32 Å². The summed E-state index contributed by atoms with van der Waals surface area (Å²) in [6.45, 7) is 6.00. The number of nitrogens with zero attached hydrogens (tertiary/aromatic N) is 1. The van der Waals surface area contributed by atoms with Crippen molar-refractivity contribution in [2.24, 2.45) is 0 Å². The number of rotatable bonds is 5. The highest BCUT2D eigenvalue weighted by molar-refractivity contribution is 7.80. The van der Waals surface area contributed by atoms with Gasteiger partial charge < -0.3 is 10.2 Å². The van der Waals surface area contributed by atoms with E-state index in [0.717, 1.165) is 11.1 Å². The molecule has 0 aliphatic carbocycles. The monoisotopic (exact) mass is 290 g/mol. The van der Waals surface area contributed by atoms with E-state index in [1.165, 1.54) is 0 Å². The average molecular weight is 290 g/mol. The van der Waals surface area contributed by atoms with Gasteiger partial charge in [0.25, 0.3) is 0 Å². The van der Waals surface area contributed by atoms with E-state index in [-0.39, 0.29) is 18.4 Å². The molecule has 0 aliphatic heterocycles. The summed E-state index contributed by atoms with van der Waals surface area (Å²) in [5.41, 5.74) is 2.17. The van der Waals surface area contributed by atoms with Crippen molar-refractivity contribution in [2.75, 3.05) is 7.05 Å². The second-order valence-electron chi connectivity index (χ2n) is 4.92. The first kappa shape index (κ1) is 16.4. The standard InChI is InChI=1S/C16H22N2OS/c1-12(2)18(16(19)10-15(20)17-4)11-13(3)14-8-6-5-7-9-14/h5-9,11-12H,10H2,1-4H3,(H,17,20)/b13-11-. The van der Waals surface area contributed by atoms with E-state index in [1.54, 1.807) is 11.9 Å². The lowest BCUT2D eigenvalue weighted by molar-refractivity contribution is -0.128. The molecule has 0 heterocycles. The van der Waals surface area contributed by atoms with E-state index >= 15 is 0 Å². The van der Waals surface area contributed by atoms with Crippen LogP contribution >= 0.6 is 12.2 Å². The fraction of sp³-hybridized carbons (Fsp3) is 0.375. The molecule has 0 radical (unpaired) electrons. The van der Waals surface area contributed by atoms with Gasteiger partial charge in [0.1, 0.15) is 0 Å². The van der Waals surface area contributed by atoms with Gasteiger partial charge >= 0.3 is 0 Å². The molecule has 3 nitrogen and oxygen atoms in total. The Hall–Kier alpha value is -1.68. The maximum atomic E-state index is 12.3. The molecule has 0 bridgehead atoms. The van der Waals surface area contributed by atoms with Gasteiger partial charge in [0.2, 0.25) is 5.91 Å². The summed E-state index contributed by atoms with van der Waals surface area (Å²) in [5, 5.41) is 2.84. The van der Waals surface area contributed by atoms with Crippen LogP contribution in [0.2, 0.25) is 0 Å². The first-order chi connectivity index (χ1) is 9.45. The zero-order valence-corrected chi connectivity index (χ0v) is 13.3. The molecule has 0 saturated heterocycles. The lowest BCUT2D eigenvalue weighted by Crippen LogP contribution is -2.35. The van der Waals surface area contributed by atoms with Gasteiger partial charge in [-0.3, -0.25) is 4.79 Å². The lowest BCUT2D eigenvalue weighted by Gasteiger charge is -2.24. The molecule has 1 rings (SSSR count). The van der Waals surface area contributed by atoms with Crippen LogP contribution < -0.4 is 5.32 Å². The van der Waals surface area contributed by atoms with Crippen molar-refractivity contribution in [3.05, 3.63) is 42.1 Å². The molecular formula is C16H22N2OS. The third-order valence-electron chi connectivity index (χ3n) is 3.00. The minimum atomic E-state index is 0.00892. The number of thiocarbonyl (C=S) groups is 1. The van der Waals surface area contributed by atoms with Gasteiger partial charge in [-0.2, -0.15) is 0 Å². The molecule has 0 saturated carbocycles. The minimum Gasteiger partial charge on any atom is -0.382 e. The maximum absolute atomic E-state index is 12.3.